The maximum absolute atomic E-state index is 11.6. The Hall–Kier alpha value is -1.11. The zero-order valence-electron chi connectivity index (χ0n) is 12.5. The van der Waals surface area contributed by atoms with Gasteiger partial charge in [0.15, 0.2) is 0 Å². The lowest BCUT2D eigenvalue weighted by Crippen LogP contribution is -2.41. The molecule has 0 amide bonds. The first-order valence-electron chi connectivity index (χ1n) is 7.23. The van der Waals surface area contributed by atoms with Crippen LogP contribution in [0.5, 0.6) is 5.75 Å². The first kappa shape index (κ1) is 16.3. The SMILES string of the molecule is CC(O)c1ccccc1OCC1CCCN(S(C)(=O)=O)C1. The van der Waals surface area contributed by atoms with Crippen molar-refractivity contribution in [3.05, 3.63) is 29.8 Å². The summed E-state index contributed by atoms with van der Waals surface area (Å²) >= 11 is 0. The van der Waals surface area contributed by atoms with Crippen LogP contribution in [0.25, 0.3) is 0 Å². The van der Waals surface area contributed by atoms with E-state index in [1.807, 2.05) is 24.3 Å². The minimum atomic E-state index is -3.13. The Morgan fingerprint density at radius 1 is 1.43 bits per heavy atom. The van der Waals surface area contributed by atoms with Gasteiger partial charge in [-0.15, -0.1) is 0 Å². The van der Waals surface area contributed by atoms with Gasteiger partial charge in [-0.3, -0.25) is 0 Å². The number of piperidine rings is 1. The molecule has 1 fully saturated rings. The first-order chi connectivity index (χ1) is 9.88. The number of rotatable bonds is 5. The first-order valence-corrected chi connectivity index (χ1v) is 9.07. The largest absolute Gasteiger partial charge is 0.493 e. The van der Waals surface area contributed by atoms with Crippen molar-refractivity contribution < 1.29 is 18.3 Å². The van der Waals surface area contributed by atoms with E-state index in [0.29, 0.717) is 25.4 Å². The third-order valence-electron chi connectivity index (χ3n) is 3.79. The number of aliphatic hydroxyl groups is 1. The number of hydrogen-bond donors (Lipinski definition) is 1. The van der Waals surface area contributed by atoms with Crippen LogP contribution in [0.4, 0.5) is 0 Å². The van der Waals surface area contributed by atoms with Crippen LogP contribution in [0.1, 0.15) is 31.4 Å². The highest BCUT2D eigenvalue weighted by molar-refractivity contribution is 7.88. The minimum absolute atomic E-state index is 0.190. The van der Waals surface area contributed by atoms with Gasteiger partial charge >= 0.3 is 0 Å². The van der Waals surface area contributed by atoms with Crippen LogP contribution in [0.3, 0.4) is 0 Å². The summed E-state index contributed by atoms with van der Waals surface area (Å²) < 4.78 is 30.5. The molecule has 1 aromatic rings. The average Bonchev–Trinajstić information content (AvgIpc) is 2.45. The molecule has 2 rings (SSSR count). The molecular formula is C15H23NO4S. The van der Waals surface area contributed by atoms with Gasteiger partial charge in [0.1, 0.15) is 5.75 Å². The fraction of sp³-hybridized carbons (Fsp3) is 0.600. The molecule has 0 aromatic heterocycles. The average molecular weight is 313 g/mol. The summed E-state index contributed by atoms with van der Waals surface area (Å²) in [6.07, 6.45) is 2.49. The maximum Gasteiger partial charge on any atom is 0.211 e. The van der Waals surface area contributed by atoms with Gasteiger partial charge in [-0.1, -0.05) is 18.2 Å². The van der Waals surface area contributed by atoms with Crippen LogP contribution in [0.15, 0.2) is 24.3 Å². The van der Waals surface area contributed by atoms with Crippen LogP contribution in [0.2, 0.25) is 0 Å². The molecule has 1 heterocycles. The van der Waals surface area contributed by atoms with Crippen molar-refractivity contribution in [1.82, 2.24) is 4.31 Å². The molecule has 6 heteroatoms. The van der Waals surface area contributed by atoms with Crippen LogP contribution in [-0.4, -0.2) is 43.8 Å². The highest BCUT2D eigenvalue weighted by Gasteiger charge is 2.26. The summed E-state index contributed by atoms with van der Waals surface area (Å²) in [5.41, 5.74) is 0.758. The zero-order chi connectivity index (χ0) is 15.5. The quantitative estimate of drug-likeness (QED) is 0.900. The normalized spacial score (nSPS) is 22.0. The maximum atomic E-state index is 11.6. The molecule has 5 nitrogen and oxygen atoms in total. The number of aliphatic hydroxyl groups excluding tert-OH is 1. The van der Waals surface area contributed by atoms with Gasteiger partial charge in [0.25, 0.3) is 0 Å². The van der Waals surface area contributed by atoms with E-state index in [-0.39, 0.29) is 5.92 Å². The second kappa shape index (κ2) is 6.77. The summed E-state index contributed by atoms with van der Waals surface area (Å²) in [6, 6.07) is 7.40. The van der Waals surface area contributed by atoms with E-state index in [9.17, 15) is 13.5 Å². The van der Waals surface area contributed by atoms with Crippen molar-refractivity contribution in [3.8, 4) is 5.75 Å². The second-order valence-corrected chi connectivity index (χ2v) is 7.64. The zero-order valence-corrected chi connectivity index (χ0v) is 13.3. The van der Waals surface area contributed by atoms with Gasteiger partial charge in [-0.25, -0.2) is 12.7 Å². The fourth-order valence-corrected chi connectivity index (χ4v) is 3.57. The highest BCUT2D eigenvalue weighted by Crippen LogP contribution is 2.26. The monoisotopic (exact) mass is 313 g/mol. The Bertz CT molecular complexity index is 571. The van der Waals surface area contributed by atoms with E-state index in [1.165, 1.54) is 10.6 Å². The van der Waals surface area contributed by atoms with E-state index in [2.05, 4.69) is 0 Å². The molecule has 2 unspecified atom stereocenters. The Balaban J connectivity index is 1.97. The smallest absolute Gasteiger partial charge is 0.211 e. The van der Waals surface area contributed by atoms with Crippen LogP contribution in [-0.2, 0) is 10.0 Å². The lowest BCUT2D eigenvalue weighted by atomic mass is 10.0. The van der Waals surface area contributed by atoms with E-state index in [1.54, 1.807) is 6.92 Å². The molecule has 0 radical (unpaired) electrons. The van der Waals surface area contributed by atoms with Crippen molar-refractivity contribution in [2.75, 3.05) is 26.0 Å². The topological polar surface area (TPSA) is 66.8 Å². The van der Waals surface area contributed by atoms with Gasteiger partial charge in [-0.2, -0.15) is 0 Å². The van der Waals surface area contributed by atoms with E-state index >= 15 is 0 Å². The molecule has 1 aliphatic rings. The van der Waals surface area contributed by atoms with Crippen LogP contribution < -0.4 is 4.74 Å². The summed E-state index contributed by atoms with van der Waals surface area (Å²) in [6.45, 7) is 3.28. The third kappa shape index (κ3) is 4.43. The Morgan fingerprint density at radius 3 is 2.81 bits per heavy atom. The number of sulfonamides is 1. The molecule has 0 spiro atoms. The molecule has 1 saturated heterocycles. The van der Waals surface area contributed by atoms with Crippen molar-refractivity contribution in [2.45, 2.75) is 25.9 Å². The van der Waals surface area contributed by atoms with Gasteiger partial charge < -0.3 is 9.84 Å². The highest BCUT2D eigenvalue weighted by atomic mass is 32.2. The van der Waals surface area contributed by atoms with Gasteiger partial charge in [-0.05, 0) is 25.8 Å². The summed E-state index contributed by atoms with van der Waals surface area (Å²) in [5, 5.41) is 9.72. The Labute approximate surface area is 126 Å². The standard InChI is InChI=1S/C15H23NO4S/c1-12(17)14-7-3-4-8-15(14)20-11-13-6-5-9-16(10-13)21(2,18)19/h3-4,7-8,12-13,17H,5-6,9-11H2,1-2H3. The van der Waals surface area contributed by atoms with E-state index < -0.39 is 16.1 Å². The number of ether oxygens (including phenoxy) is 1. The van der Waals surface area contributed by atoms with Gasteiger partial charge in [0, 0.05) is 24.6 Å². The molecular weight excluding hydrogens is 290 g/mol. The van der Waals surface area contributed by atoms with Crippen molar-refractivity contribution in [3.63, 3.8) is 0 Å². The molecule has 0 bridgehead atoms. The molecule has 0 saturated carbocycles. The third-order valence-corrected chi connectivity index (χ3v) is 5.06. The number of benzene rings is 1. The summed E-state index contributed by atoms with van der Waals surface area (Å²) in [4.78, 5) is 0. The van der Waals surface area contributed by atoms with Crippen molar-refractivity contribution in [1.29, 1.82) is 0 Å². The predicted octanol–water partition coefficient (Wildman–Crippen LogP) is 1.79. The molecule has 0 aliphatic carbocycles. The lowest BCUT2D eigenvalue weighted by molar-refractivity contribution is 0.166. The van der Waals surface area contributed by atoms with E-state index in [0.717, 1.165) is 18.4 Å². The van der Waals surface area contributed by atoms with Crippen LogP contribution in [0, 0.1) is 5.92 Å². The molecule has 1 N–H and O–H groups in total. The Morgan fingerprint density at radius 2 is 2.14 bits per heavy atom. The predicted molar refractivity (Wildman–Crippen MR) is 81.7 cm³/mol. The summed E-state index contributed by atoms with van der Waals surface area (Å²) in [7, 11) is -3.13. The van der Waals surface area contributed by atoms with E-state index in [4.69, 9.17) is 4.74 Å². The van der Waals surface area contributed by atoms with Crippen LogP contribution >= 0.6 is 0 Å². The van der Waals surface area contributed by atoms with Crippen molar-refractivity contribution >= 4 is 10.0 Å². The Kier molecular flexibility index (Phi) is 5.24. The number of hydrogen-bond acceptors (Lipinski definition) is 4. The number of para-hydroxylation sites is 1. The minimum Gasteiger partial charge on any atom is -0.493 e. The van der Waals surface area contributed by atoms with Gasteiger partial charge in [0.05, 0.1) is 19.0 Å². The second-order valence-electron chi connectivity index (χ2n) is 5.65. The van der Waals surface area contributed by atoms with Crippen molar-refractivity contribution in [2.24, 2.45) is 5.92 Å². The molecule has 2 atom stereocenters. The summed E-state index contributed by atoms with van der Waals surface area (Å²) in [5.74, 6) is 0.861. The fourth-order valence-electron chi connectivity index (χ4n) is 2.63. The number of nitrogens with zero attached hydrogens (tertiary/aromatic N) is 1. The lowest BCUT2D eigenvalue weighted by Gasteiger charge is -2.31. The molecule has 1 aliphatic heterocycles. The molecule has 21 heavy (non-hydrogen) atoms. The van der Waals surface area contributed by atoms with Gasteiger partial charge in [0.2, 0.25) is 10.0 Å². The molecule has 118 valence electrons. The molecule has 1 aromatic carbocycles.